The lowest BCUT2D eigenvalue weighted by Crippen LogP contribution is -2.32. The first kappa shape index (κ1) is 17.9. The minimum absolute atomic E-state index is 0.0174. The van der Waals surface area contributed by atoms with Gasteiger partial charge in [-0.15, -0.1) is 6.58 Å². The van der Waals surface area contributed by atoms with Gasteiger partial charge in [0.05, 0.1) is 17.3 Å². The van der Waals surface area contributed by atoms with Gasteiger partial charge in [-0.25, -0.2) is 8.42 Å². The van der Waals surface area contributed by atoms with Crippen LogP contribution < -0.4 is 4.31 Å². The lowest BCUT2D eigenvalue weighted by molar-refractivity contribution is 0.592. The fraction of sp³-hybridized carbons (Fsp3) is 0.176. The van der Waals surface area contributed by atoms with Crippen molar-refractivity contribution in [3.63, 3.8) is 0 Å². The van der Waals surface area contributed by atoms with Crippen molar-refractivity contribution in [2.75, 3.05) is 10.8 Å². The van der Waals surface area contributed by atoms with Crippen LogP contribution in [0.5, 0.6) is 0 Å². The molecule has 0 spiro atoms. The minimum Gasteiger partial charge on any atom is -0.262 e. The van der Waals surface area contributed by atoms with Crippen molar-refractivity contribution in [2.45, 2.75) is 18.7 Å². The van der Waals surface area contributed by atoms with Crippen LogP contribution in [0.1, 0.15) is 11.1 Å². The number of aryl methyl sites for hydroxylation is 2. The molecule has 0 aliphatic heterocycles. The molecule has 0 radical (unpaired) electrons. The van der Waals surface area contributed by atoms with Gasteiger partial charge in [0.15, 0.2) is 0 Å². The van der Waals surface area contributed by atoms with Gasteiger partial charge < -0.3 is 0 Å². The first-order chi connectivity index (χ1) is 10.8. The van der Waals surface area contributed by atoms with Crippen molar-refractivity contribution in [2.24, 2.45) is 0 Å². The van der Waals surface area contributed by atoms with E-state index in [1.165, 1.54) is 16.4 Å². The Kier molecular flexibility index (Phi) is 5.40. The molecule has 0 N–H and O–H groups in total. The lowest BCUT2D eigenvalue weighted by atomic mass is 10.1. The zero-order chi connectivity index (χ0) is 17.2. The number of hydrogen-bond acceptors (Lipinski definition) is 2. The standard InChI is InChI=1S/C17H17Cl2NO2S/c1-4-10-20(17-12(2)6-5-7-13(17)3)23(21,22)16-11-14(18)8-9-15(16)19/h4-9,11H,1,10H2,2-3H3. The van der Waals surface area contributed by atoms with Gasteiger partial charge in [0.25, 0.3) is 10.0 Å². The second-order valence-corrected chi connectivity index (χ2v) is 7.81. The molecule has 122 valence electrons. The number of sulfonamides is 1. The molecular formula is C17H17Cl2NO2S. The first-order valence-electron chi connectivity index (χ1n) is 6.94. The molecule has 0 bridgehead atoms. The van der Waals surface area contributed by atoms with Crippen LogP contribution in [0, 0.1) is 13.8 Å². The van der Waals surface area contributed by atoms with Crippen LogP contribution in [-0.4, -0.2) is 15.0 Å². The Balaban J connectivity index is 2.70. The molecule has 2 aromatic rings. The van der Waals surface area contributed by atoms with Gasteiger partial charge in [-0.3, -0.25) is 4.31 Å². The van der Waals surface area contributed by atoms with E-state index in [2.05, 4.69) is 6.58 Å². The van der Waals surface area contributed by atoms with Crippen LogP contribution in [0.4, 0.5) is 5.69 Å². The molecule has 23 heavy (non-hydrogen) atoms. The summed E-state index contributed by atoms with van der Waals surface area (Å²) in [4.78, 5) is -0.0174. The number of hydrogen-bond donors (Lipinski definition) is 0. The van der Waals surface area contributed by atoms with Crippen molar-refractivity contribution in [1.82, 2.24) is 0 Å². The Bertz CT molecular complexity index is 827. The van der Waals surface area contributed by atoms with Gasteiger partial charge in [0, 0.05) is 5.02 Å². The molecule has 2 rings (SSSR count). The predicted octanol–water partition coefficient (Wildman–Crippen LogP) is 4.99. The van der Waals surface area contributed by atoms with Crippen molar-refractivity contribution in [1.29, 1.82) is 0 Å². The largest absolute Gasteiger partial charge is 0.266 e. The monoisotopic (exact) mass is 369 g/mol. The number of nitrogens with zero attached hydrogens (tertiary/aromatic N) is 1. The third-order valence-electron chi connectivity index (χ3n) is 3.45. The second-order valence-electron chi connectivity index (χ2n) is 5.14. The summed E-state index contributed by atoms with van der Waals surface area (Å²) in [5, 5.41) is 0.447. The van der Waals surface area contributed by atoms with Crippen LogP contribution in [0.3, 0.4) is 0 Å². The van der Waals surface area contributed by atoms with E-state index >= 15 is 0 Å². The molecule has 2 aromatic carbocycles. The Morgan fingerprint density at radius 1 is 1.13 bits per heavy atom. The molecular weight excluding hydrogens is 353 g/mol. The topological polar surface area (TPSA) is 37.4 Å². The molecule has 3 nitrogen and oxygen atoms in total. The smallest absolute Gasteiger partial charge is 0.262 e. The molecule has 0 aromatic heterocycles. The average Bonchev–Trinajstić information content (AvgIpc) is 2.48. The maximum Gasteiger partial charge on any atom is 0.266 e. The molecule has 0 fully saturated rings. The van der Waals surface area contributed by atoms with E-state index in [1.807, 2.05) is 32.0 Å². The van der Waals surface area contributed by atoms with Crippen LogP contribution >= 0.6 is 23.2 Å². The highest BCUT2D eigenvalue weighted by Crippen LogP contribution is 2.33. The molecule has 0 saturated heterocycles. The summed E-state index contributed by atoms with van der Waals surface area (Å²) in [6.07, 6.45) is 1.54. The third kappa shape index (κ3) is 3.55. The highest BCUT2D eigenvalue weighted by molar-refractivity contribution is 7.93. The van der Waals surface area contributed by atoms with Gasteiger partial charge >= 0.3 is 0 Å². The summed E-state index contributed by atoms with van der Waals surface area (Å²) in [7, 11) is -3.87. The molecule has 0 heterocycles. The van der Waals surface area contributed by atoms with Crippen molar-refractivity contribution >= 4 is 38.9 Å². The van der Waals surface area contributed by atoms with E-state index in [-0.39, 0.29) is 16.5 Å². The Hall–Kier alpha value is -1.49. The van der Waals surface area contributed by atoms with Crippen LogP contribution in [-0.2, 0) is 10.0 Å². The summed E-state index contributed by atoms with van der Waals surface area (Å²) in [5.41, 5.74) is 2.34. The van der Waals surface area contributed by atoms with Gasteiger partial charge in [0.1, 0.15) is 4.90 Å². The minimum atomic E-state index is -3.87. The van der Waals surface area contributed by atoms with Crippen molar-refractivity contribution in [3.8, 4) is 0 Å². The van der Waals surface area contributed by atoms with E-state index in [9.17, 15) is 8.42 Å². The first-order valence-corrected chi connectivity index (χ1v) is 9.13. The lowest BCUT2D eigenvalue weighted by Gasteiger charge is -2.27. The molecule has 0 atom stereocenters. The number of para-hydroxylation sites is 1. The SMILES string of the molecule is C=CCN(c1c(C)cccc1C)S(=O)(=O)c1cc(Cl)ccc1Cl. The van der Waals surface area contributed by atoms with E-state index in [1.54, 1.807) is 12.1 Å². The molecule has 0 aliphatic rings. The van der Waals surface area contributed by atoms with Crippen molar-refractivity contribution < 1.29 is 8.42 Å². The average molecular weight is 370 g/mol. The summed E-state index contributed by atoms with van der Waals surface area (Å²) < 4.78 is 27.6. The van der Waals surface area contributed by atoms with Gasteiger partial charge in [-0.1, -0.05) is 47.5 Å². The number of anilines is 1. The van der Waals surface area contributed by atoms with E-state index in [4.69, 9.17) is 23.2 Å². The Morgan fingerprint density at radius 2 is 1.74 bits per heavy atom. The number of rotatable bonds is 5. The Morgan fingerprint density at radius 3 is 2.30 bits per heavy atom. The summed E-state index contributed by atoms with van der Waals surface area (Å²) >= 11 is 12.1. The molecule has 0 saturated carbocycles. The van der Waals surface area contributed by atoms with Crippen molar-refractivity contribution in [3.05, 3.63) is 70.2 Å². The zero-order valence-corrected chi connectivity index (χ0v) is 15.2. The number of benzene rings is 2. The fourth-order valence-corrected chi connectivity index (χ4v) is 4.72. The highest BCUT2D eigenvalue weighted by atomic mass is 35.5. The molecule has 0 aliphatic carbocycles. The normalized spacial score (nSPS) is 11.3. The summed E-state index contributed by atoms with van der Waals surface area (Å²) in [6.45, 7) is 7.54. The molecule has 6 heteroatoms. The second kappa shape index (κ2) is 6.95. The quantitative estimate of drug-likeness (QED) is 0.696. The summed E-state index contributed by atoms with van der Waals surface area (Å²) in [6, 6.07) is 10.0. The Labute approximate surface area is 147 Å². The van der Waals surface area contributed by atoms with E-state index < -0.39 is 10.0 Å². The fourth-order valence-electron chi connectivity index (χ4n) is 2.42. The molecule has 0 unspecified atom stereocenters. The van der Waals surface area contributed by atoms with E-state index in [0.29, 0.717) is 10.7 Å². The summed E-state index contributed by atoms with van der Waals surface area (Å²) in [5.74, 6) is 0. The van der Waals surface area contributed by atoms with Crippen LogP contribution in [0.25, 0.3) is 0 Å². The predicted molar refractivity (Wildman–Crippen MR) is 97.1 cm³/mol. The highest BCUT2D eigenvalue weighted by Gasteiger charge is 2.28. The maximum atomic E-state index is 13.1. The molecule has 0 amide bonds. The third-order valence-corrected chi connectivity index (χ3v) is 5.93. The van der Waals surface area contributed by atoms with Gasteiger partial charge in [-0.2, -0.15) is 0 Å². The van der Waals surface area contributed by atoms with Crippen LogP contribution in [0.2, 0.25) is 10.0 Å². The van der Waals surface area contributed by atoms with Gasteiger partial charge in [0.2, 0.25) is 0 Å². The maximum absolute atomic E-state index is 13.1. The zero-order valence-electron chi connectivity index (χ0n) is 12.9. The van der Waals surface area contributed by atoms with Crippen LogP contribution in [0.15, 0.2) is 53.9 Å². The van der Waals surface area contributed by atoms with E-state index in [0.717, 1.165) is 11.1 Å². The van der Waals surface area contributed by atoms with Gasteiger partial charge in [-0.05, 0) is 43.2 Å². The number of halogens is 2.